The number of aliphatic hydroxyl groups excluding tert-OH is 1. The molecule has 0 aromatic heterocycles. The Morgan fingerprint density at radius 1 is 1.04 bits per heavy atom. The standard InChI is InChI=1S/C22H27NO4/c1-16-4-2-3-5-18(16)22(25)8-10-23(11-9-22)15-19(24)17-6-7-20-21(14-17)27-13-12-26-20/h2-7,14,19,24-25H,8-13,15H2,1H3. The molecule has 0 amide bonds. The first kappa shape index (κ1) is 18.3. The number of fused-ring (bicyclic) bond motifs is 1. The van der Waals surface area contributed by atoms with Crippen molar-refractivity contribution in [3.63, 3.8) is 0 Å². The molecule has 2 aliphatic heterocycles. The van der Waals surface area contributed by atoms with E-state index >= 15 is 0 Å². The molecule has 0 spiro atoms. The van der Waals surface area contributed by atoms with E-state index in [4.69, 9.17) is 9.47 Å². The summed E-state index contributed by atoms with van der Waals surface area (Å²) in [5.74, 6) is 1.43. The molecule has 2 aromatic rings. The van der Waals surface area contributed by atoms with E-state index in [1.807, 2.05) is 49.4 Å². The van der Waals surface area contributed by atoms with E-state index in [9.17, 15) is 10.2 Å². The van der Waals surface area contributed by atoms with Crippen LogP contribution in [0, 0.1) is 6.92 Å². The number of benzene rings is 2. The predicted octanol–water partition coefficient (Wildman–Crippen LogP) is 2.78. The minimum Gasteiger partial charge on any atom is -0.486 e. The highest BCUT2D eigenvalue weighted by Gasteiger charge is 2.35. The third kappa shape index (κ3) is 3.81. The maximum Gasteiger partial charge on any atom is 0.161 e. The van der Waals surface area contributed by atoms with Gasteiger partial charge in [0.2, 0.25) is 0 Å². The zero-order valence-electron chi connectivity index (χ0n) is 15.7. The molecule has 27 heavy (non-hydrogen) atoms. The number of β-amino-alcohol motifs (C(OH)–C–C–N with tert-alkyl or cyclic N) is 1. The van der Waals surface area contributed by atoms with Gasteiger partial charge in [0.15, 0.2) is 11.5 Å². The molecule has 2 aliphatic rings. The third-order valence-corrected chi connectivity index (χ3v) is 5.71. The van der Waals surface area contributed by atoms with Crippen LogP contribution >= 0.6 is 0 Å². The van der Waals surface area contributed by atoms with Gasteiger partial charge in [0, 0.05) is 19.6 Å². The molecule has 2 N–H and O–H groups in total. The van der Waals surface area contributed by atoms with Gasteiger partial charge in [-0.2, -0.15) is 0 Å². The molecule has 0 radical (unpaired) electrons. The summed E-state index contributed by atoms with van der Waals surface area (Å²) < 4.78 is 11.1. The van der Waals surface area contributed by atoms with Crippen LogP contribution in [-0.2, 0) is 5.60 Å². The number of hydrogen-bond donors (Lipinski definition) is 2. The van der Waals surface area contributed by atoms with Crippen LogP contribution in [-0.4, -0.2) is 48.0 Å². The monoisotopic (exact) mass is 369 g/mol. The molecule has 1 fully saturated rings. The normalized spacial score (nSPS) is 20.3. The highest BCUT2D eigenvalue weighted by Crippen LogP contribution is 2.36. The Balaban J connectivity index is 1.38. The molecule has 0 saturated carbocycles. The van der Waals surface area contributed by atoms with Crippen LogP contribution in [0.5, 0.6) is 11.5 Å². The maximum absolute atomic E-state index is 11.1. The average molecular weight is 369 g/mol. The summed E-state index contributed by atoms with van der Waals surface area (Å²) in [4.78, 5) is 2.22. The molecular formula is C22H27NO4. The molecular weight excluding hydrogens is 342 g/mol. The second-order valence-electron chi connectivity index (χ2n) is 7.57. The smallest absolute Gasteiger partial charge is 0.161 e. The van der Waals surface area contributed by atoms with Crippen molar-refractivity contribution in [1.82, 2.24) is 4.90 Å². The van der Waals surface area contributed by atoms with Gasteiger partial charge in [0.25, 0.3) is 0 Å². The molecule has 2 heterocycles. The number of ether oxygens (including phenoxy) is 2. The Kier molecular flexibility index (Phi) is 5.08. The number of likely N-dealkylation sites (tertiary alicyclic amines) is 1. The van der Waals surface area contributed by atoms with Crippen molar-refractivity contribution in [2.75, 3.05) is 32.8 Å². The van der Waals surface area contributed by atoms with Gasteiger partial charge in [-0.3, -0.25) is 0 Å². The van der Waals surface area contributed by atoms with Gasteiger partial charge in [-0.15, -0.1) is 0 Å². The van der Waals surface area contributed by atoms with E-state index in [1.165, 1.54) is 0 Å². The molecule has 5 heteroatoms. The molecule has 4 rings (SSSR count). The first-order chi connectivity index (χ1) is 13.0. The van der Waals surface area contributed by atoms with Crippen molar-refractivity contribution in [2.24, 2.45) is 0 Å². The van der Waals surface area contributed by atoms with E-state index < -0.39 is 11.7 Å². The lowest BCUT2D eigenvalue weighted by atomic mass is 9.82. The molecule has 1 unspecified atom stereocenters. The fourth-order valence-electron chi connectivity index (χ4n) is 4.09. The van der Waals surface area contributed by atoms with Crippen molar-refractivity contribution in [3.05, 3.63) is 59.2 Å². The highest BCUT2D eigenvalue weighted by atomic mass is 16.6. The van der Waals surface area contributed by atoms with Gasteiger partial charge in [0.05, 0.1) is 11.7 Å². The predicted molar refractivity (Wildman–Crippen MR) is 103 cm³/mol. The minimum atomic E-state index is -0.774. The number of aryl methyl sites for hydroxylation is 1. The Labute approximate surface area is 160 Å². The van der Waals surface area contributed by atoms with Crippen LogP contribution in [0.3, 0.4) is 0 Å². The topological polar surface area (TPSA) is 62.2 Å². The van der Waals surface area contributed by atoms with Gasteiger partial charge in [-0.25, -0.2) is 0 Å². The van der Waals surface area contributed by atoms with Gasteiger partial charge in [-0.05, 0) is 48.6 Å². The number of aliphatic hydroxyl groups is 2. The van der Waals surface area contributed by atoms with E-state index in [-0.39, 0.29) is 0 Å². The van der Waals surface area contributed by atoms with E-state index in [2.05, 4.69) is 4.90 Å². The highest BCUT2D eigenvalue weighted by molar-refractivity contribution is 5.44. The van der Waals surface area contributed by atoms with Crippen molar-refractivity contribution in [2.45, 2.75) is 31.5 Å². The molecule has 1 saturated heterocycles. The molecule has 0 bridgehead atoms. The van der Waals surface area contributed by atoms with Gasteiger partial charge in [0.1, 0.15) is 13.2 Å². The van der Waals surface area contributed by atoms with Crippen molar-refractivity contribution in [1.29, 1.82) is 0 Å². The van der Waals surface area contributed by atoms with Crippen LogP contribution in [0.25, 0.3) is 0 Å². The van der Waals surface area contributed by atoms with Crippen LogP contribution in [0.1, 0.15) is 35.6 Å². The Hall–Kier alpha value is -2.08. The van der Waals surface area contributed by atoms with Crippen LogP contribution in [0.15, 0.2) is 42.5 Å². The summed E-state index contributed by atoms with van der Waals surface area (Å²) in [6, 6.07) is 13.7. The maximum atomic E-state index is 11.1. The second-order valence-corrected chi connectivity index (χ2v) is 7.57. The summed E-state index contributed by atoms with van der Waals surface area (Å²) in [6.07, 6.45) is 0.753. The van der Waals surface area contributed by atoms with E-state index in [0.29, 0.717) is 38.3 Å². The average Bonchev–Trinajstić information content (AvgIpc) is 2.69. The Morgan fingerprint density at radius 2 is 1.74 bits per heavy atom. The SMILES string of the molecule is Cc1ccccc1C1(O)CCN(CC(O)c2ccc3c(c2)OCCO3)CC1. The van der Waals surface area contributed by atoms with Gasteiger partial charge in [-0.1, -0.05) is 30.3 Å². The second kappa shape index (κ2) is 7.50. The Morgan fingerprint density at radius 3 is 2.48 bits per heavy atom. The fourth-order valence-corrected chi connectivity index (χ4v) is 4.09. The molecule has 0 aliphatic carbocycles. The molecule has 5 nitrogen and oxygen atoms in total. The molecule has 1 atom stereocenters. The number of piperidine rings is 1. The first-order valence-corrected chi connectivity index (χ1v) is 9.64. The summed E-state index contributed by atoms with van der Waals surface area (Å²) in [6.45, 7) is 5.20. The zero-order valence-corrected chi connectivity index (χ0v) is 15.7. The number of rotatable bonds is 4. The largest absolute Gasteiger partial charge is 0.486 e. The first-order valence-electron chi connectivity index (χ1n) is 9.64. The summed E-state index contributed by atoms with van der Waals surface area (Å²) in [5, 5.41) is 21.8. The quantitative estimate of drug-likeness (QED) is 0.868. The summed E-state index contributed by atoms with van der Waals surface area (Å²) >= 11 is 0. The third-order valence-electron chi connectivity index (χ3n) is 5.71. The molecule has 144 valence electrons. The minimum absolute atomic E-state index is 0.538. The van der Waals surface area contributed by atoms with E-state index in [1.54, 1.807) is 0 Å². The lowest BCUT2D eigenvalue weighted by Crippen LogP contribution is -2.44. The van der Waals surface area contributed by atoms with Crippen LogP contribution < -0.4 is 9.47 Å². The van der Waals surface area contributed by atoms with Crippen LogP contribution in [0.4, 0.5) is 0 Å². The number of nitrogens with zero attached hydrogens (tertiary/aromatic N) is 1. The zero-order chi connectivity index (χ0) is 18.9. The lowest BCUT2D eigenvalue weighted by molar-refractivity contribution is -0.0349. The van der Waals surface area contributed by atoms with Crippen molar-refractivity contribution in [3.8, 4) is 11.5 Å². The van der Waals surface area contributed by atoms with Gasteiger partial charge >= 0.3 is 0 Å². The van der Waals surface area contributed by atoms with E-state index in [0.717, 1.165) is 35.5 Å². The van der Waals surface area contributed by atoms with Crippen molar-refractivity contribution >= 4 is 0 Å². The number of hydrogen-bond acceptors (Lipinski definition) is 5. The summed E-state index contributed by atoms with van der Waals surface area (Å²) in [7, 11) is 0. The molecule has 2 aromatic carbocycles. The van der Waals surface area contributed by atoms with Crippen molar-refractivity contribution < 1.29 is 19.7 Å². The van der Waals surface area contributed by atoms with Crippen LogP contribution in [0.2, 0.25) is 0 Å². The summed E-state index contributed by atoms with van der Waals surface area (Å²) in [5.41, 5.74) is 2.21. The fraction of sp³-hybridized carbons (Fsp3) is 0.455. The Bertz CT molecular complexity index is 799. The lowest BCUT2D eigenvalue weighted by Gasteiger charge is -2.40. The van der Waals surface area contributed by atoms with Gasteiger partial charge < -0.3 is 24.6 Å².